The van der Waals surface area contributed by atoms with Crippen LogP contribution in [0.4, 0.5) is 5.82 Å². The molecule has 0 saturated carbocycles. The van der Waals surface area contributed by atoms with Crippen molar-refractivity contribution in [1.29, 1.82) is 0 Å². The van der Waals surface area contributed by atoms with Crippen molar-refractivity contribution in [1.82, 2.24) is 10.7 Å². The number of halogens is 1. The fourth-order valence-corrected chi connectivity index (χ4v) is 0.603. The Kier molecular flexibility index (Phi) is 1.48. The SMILES string of the molecule is [N]c1ccc(Br)cn1. The lowest BCUT2D eigenvalue weighted by molar-refractivity contribution is 1.24. The molecule has 0 atom stereocenters. The molecule has 0 amide bonds. The predicted molar refractivity (Wildman–Crippen MR) is 33.7 cm³/mol. The Morgan fingerprint density at radius 3 is 2.62 bits per heavy atom. The van der Waals surface area contributed by atoms with Gasteiger partial charge in [0.25, 0.3) is 0 Å². The van der Waals surface area contributed by atoms with E-state index < -0.39 is 0 Å². The largest absolute Gasteiger partial charge is 0.234 e. The van der Waals surface area contributed by atoms with E-state index in [9.17, 15) is 0 Å². The molecule has 3 heteroatoms. The second-order valence-corrected chi connectivity index (χ2v) is 2.25. The van der Waals surface area contributed by atoms with Crippen LogP contribution < -0.4 is 5.73 Å². The Bertz CT molecular complexity index is 149. The zero-order valence-corrected chi connectivity index (χ0v) is 5.59. The van der Waals surface area contributed by atoms with Crippen molar-refractivity contribution in [3.8, 4) is 0 Å². The highest BCUT2D eigenvalue weighted by atomic mass is 79.9. The lowest BCUT2D eigenvalue weighted by Crippen LogP contribution is -1.73. The standard InChI is InChI=1S/C5H3BrN2/c6-4-1-2-5(7)8-3-4/h1-3H. The van der Waals surface area contributed by atoms with Gasteiger partial charge in [-0.25, -0.2) is 4.98 Å². The first-order chi connectivity index (χ1) is 3.79. The topological polar surface area (TPSA) is 35.2 Å². The molecule has 0 aromatic carbocycles. The normalized spacial score (nSPS) is 9.12. The summed E-state index contributed by atoms with van der Waals surface area (Å²) in [7, 11) is 0. The first-order valence-electron chi connectivity index (χ1n) is 2.09. The van der Waals surface area contributed by atoms with Gasteiger partial charge in [0.05, 0.1) is 0 Å². The second-order valence-electron chi connectivity index (χ2n) is 1.33. The molecule has 1 aromatic rings. The Hall–Kier alpha value is -0.570. The third-order valence-electron chi connectivity index (χ3n) is 0.712. The van der Waals surface area contributed by atoms with E-state index in [0.717, 1.165) is 4.47 Å². The number of nitrogens with zero attached hydrogens (tertiary/aromatic N) is 2. The van der Waals surface area contributed by atoms with Crippen LogP contribution >= 0.6 is 15.9 Å². The summed E-state index contributed by atoms with van der Waals surface area (Å²) in [6.45, 7) is 0. The van der Waals surface area contributed by atoms with E-state index in [1.807, 2.05) is 0 Å². The Balaban J connectivity index is 3.03. The molecule has 1 rings (SSSR count). The Labute approximate surface area is 55.9 Å². The average Bonchev–Trinajstić information content (AvgIpc) is 1.77. The molecule has 2 radical (unpaired) electrons. The molecule has 1 aromatic heterocycles. The zero-order valence-electron chi connectivity index (χ0n) is 4.00. The summed E-state index contributed by atoms with van der Waals surface area (Å²) < 4.78 is 0.871. The first-order valence-corrected chi connectivity index (χ1v) is 2.89. The Morgan fingerprint density at radius 2 is 2.25 bits per heavy atom. The van der Waals surface area contributed by atoms with Gasteiger partial charge in [-0.15, -0.1) is 5.73 Å². The van der Waals surface area contributed by atoms with E-state index in [0.29, 0.717) is 0 Å². The van der Waals surface area contributed by atoms with Gasteiger partial charge in [-0.05, 0) is 28.1 Å². The molecule has 8 heavy (non-hydrogen) atoms. The number of hydrogen-bond donors (Lipinski definition) is 0. The quantitative estimate of drug-likeness (QED) is 0.583. The van der Waals surface area contributed by atoms with Gasteiger partial charge in [0, 0.05) is 10.7 Å². The smallest absolute Gasteiger partial charge is 0.174 e. The van der Waals surface area contributed by atoms with Crippen molar-refractivity contribution in [2.45, 2.75) is 0 Å². The molecule has 0 unspecified atom stereocenters. The molecule has 0 bridgehead atoms. The van der Waals surface area contributed by atoms with Crippen LogP contribution in [0.5, 0.6) is 0 Å². The van der Waals surface area contributed by atoms with Crippen LogP contribution in [0.25, 0.3) is 0 Å². The highest BCUT2D eigenvalue weighted by Crippen LogP contribution is 2.07. The summed E-state index contributed by atoms with van der Waals surface area (Å²) in [4.78, 5) is 3.59. The lowest BCUT2D eigenvalue weighted by Gasteiger charge is -1.85. The maximum atomic E-state index is 8.62. The highest BCUT2D eigenvalue weighted by molar-refractivity contribution is 9.10. The van der Waals surface area contributed by atoms with Crippen molar-refractivity contribution in [2.75, 3.05) is 0 Å². The number of aromatic nitrogens is 1. The van der Waals surface area contributed by atoms with Crippen molar-refractivity contribution in [3.63, 3.8) is 0 Å². The van der Waals surface area contributed by atoms with Crippen LogP contribution in [0.3, 0.4) is 0 Å². The van der Waals surface area contributed by atoms with E-state index in [2.05, 4.69) is 20.9 Å². The second kappa shape index (κ2) is 2.13. The van der Waals surface area contributed by atoms with Gasteiger partial charge in [0.1, 0.15) is 0 Å². The van der Waals surface area contributed by atoms with E-state index >= 15 is 0 Å². The third kappa shape index (κ3) is 1.20. The van der Waals surface area contributed by atoms with Gasteiger partial charge < -0.3 is 0 Å². The zero-order chi connectivity index (χ0) is 5.98. The van der Waals surface area contributed by atoms with E-state index in [1.54, 1.807) is 6.07 Å². The van der Waals surface area contributed by atoms with Gasteiger partial charge in [-0.1, -0.05) is 0 Å². The van der Waals surface area contributed by atoms with Crippen molar-refractivity contribution in [2.24, 2.45) is 0 Å². The van der Waals surface area contributed by atoms with Gasteiger partial charge >= 0.3 is 0 Å². The van der Waals surface area contributed by atoms with Crippen LogP contribution in [0.1, 0.15) is 0 Å². The third-order valence-corrected chi connectivity index (χ3v) is 1.18. The Morgan fingerprint density at radius 1 is 1.50 bits per heavy atom. The number of rotatable bonds is 0. The number of hydrogen-bond acceptors (Lipinski definition) is 1. The van der Waals surface area contributed by atoms with E-state index in [1.165, 1.54) is 12.3 Å². The summed E-state index contributed by atoms with van der Waals surface area (Å²) in [6.07, 6.45) is 1.54. The van der Waals surface area contributed by atoms with E-state index in [-0.39, 0.29) is 5.82 Å². The summed E-state index contributed by atoms with van der Waals surface area (Å²) in [5.74, 6) is 0.0493. The monoisotopic (exact) mass is 170 g/mol. The summed E-state index contributed by atoms with van der Waals surface area (Å²) >= 11 is 3.17. The van der Waals surface area contributed by atoms with Crippen LogP contribution in [0.15, 0.2) is 22.8 Å². The molecule has 0 fully saturated rings. The predicted octanol–water partition coefficient (Wildman–Crippen LogP) is 1.54. The molecular weight excluding hydrogens is 168 g/mol. The molecular formula is C5H3BrN2. The summed E-state index contributed by atoms with van der Waals surface area (Å²) in [5.41, 5.74) is 8.62. The van der Waals surface area contributed by atoms with Crippen molar-refractivity contribution < 1.29 is 0 Å². The maximum Gasteiger partial charge on any atom is 0.174 e. The molecule has 0 aliphatic carbocycles. The summed E-state index contributed by atoms with van der Waals surface area (Å²) in [5, 5.41) is 0. The minimum atomic E-state index is 0.0493. The van der Waals surface area contributed by atoms with Crippen LogP contribution in [-0.4, -0.2) is 4.98 Å². The summed E-state index contributed by atoms with van der Waals surface area (Å²) in [6, 6.07) is 3.24. The van der Waals surface area contributed by atoms with Gasteiger partial charge in [0.2, 0.25) is 0 Å². The van der Waals surface area contributed by atoms with Crippen LogP contribution in [0, 0.1) is 0 Å². The van der Waals surface area contributed by atoms with Crippen LogP contribution in [-0.2, 0) is 0 Å². The minimum absolute atomic E-state index is 0.0493. The van der Waals surface area contributed by atoms with Gasteiger partial charge in [-0.3, -0.25) is 0 Å². The first kappa shape index (κ1) is 5.56. The highest BCUT2D eigenvalue weighted by Gasteiger charge is 1.85. The fourth-order valence-electron chi connectivity index (χ4n) is 0.368. The molecule has 0 aliphatic rings. The van der Waals surface area contributed by atoms with Crippen molar-refractivity contribution in [3.05, 3.63) is 22.8 Å². The lowest BCUT2D eigenvalue weighted by atomic mass is 10.5. The maximum absolute atomic E-state index is 8.62. The molecule has 0 N–H and O–H groups in total. The average molecular weight is 171 g/mol. The number of pyridine rings is 1. The molecule has 0 saturated heterocycles. The molecule has 0 aliphatic heterocycles. The van der Waals surface area contributed by atoms with Gasteiger partial charge in [0.15, 0.2) is 5.82 Å². The molecule has 1 heterocycles. The van der Waals surface area contributed by atoms with Gasteiger partial charge in [-0.2, -0.15) is 0 Å². The van der Waals surface area contributed by atoms with E-state index in [4.69, 9.17) is 5.73 Å². The molecule has 2 nitrogen and oxygen atoms in total. The molecule has 0 spiro atoms. The molecule has 40 valence electrons. The van der Waals surface area contributed by atoms with Crippen LogP contribution in [0.2, 0.25) is 0 Å². The fraction of sp³-hybridized carbons (Fsp3) is 0. The minimum Gasteiger partial charge on any atom is -0.234 e. The van der Waals surface area contributed by atoms with Crippen molar-refractivity contribution >= 4 is 21.7 Å².